The fraction of sp³-hybridized carbons (Fsp3) is 0.357. The molecular formula is C14H18N4O2. The van der Waals surface area contributed by atoms with Crippen molar-refractivity contribution in [3.05, 3.63) is 35.8 Å². The van der Waals surface area contributed by atoms with Crippen molar-refractivity contribution >= 4 is 11.9 Å². The van der Waals surface area contributed by atoms with E-state index in [-0.39, 0.29) is 5.41 Å². The monoisotopic (exact) mass is 274 g/mol. The summed E-state index contributed by atoms with van der Waals surface area (Å²) in [5, 5.41) is 15.8. The maximum absolute atomic E-state index is 10.9. The zero-order chi connectivity index (χ0) is 14.9. The van der Waals surface area contributed by atoms with E-state index >= 15 is 0 Å². The van der Waals surface area contributed by atoms with Crippen molar-refractivity contribution in [2.75, 3.05) is 5.32 Å². The molecule has 106 valence electrons. The molecule has 0 saturated heterocycles. The Morgan fingerprint density at radius 1 is 1.40 bits per heavy atom. The summed E-state index contributed by atoms with van der Waals surface area (Å²) in [4.78, 5) is 15.0. The largest absolute Gasteiger partial charge is 0.465 e. The Kier molecular flexibility index (Phi) is 3.48. The number of nitrogens with zero attached hydrogens (tertiary/aromatic N) is 3. The summed E-state index contributed by atoms with van der Waals surface area (Å²) in [6.45, 7) is 8.01. The van der Waals surface area contributed by atoms with Crippen molar-refractivity contribution in [3.63, 3.8) is 0 Å². The summed E-state index contributed by atoms with van der Waals surface area (Å²) in [5.74, 6) is 0.415. The van der Waals surface area contributed by atoms with Crippen molar-refractivity contribution in [1.82, 2.24) is 14.8 Å². The highest BCUT2D eigenvalue weighted by atomic mass is 16.4. The van der Waals surface area contributed by atoms with E-state index in [4.69, 9.17) is 5.11 Å². The number of rotatable bonds is 2. The zero-order valence-corrected chi connectivity index (χ0v) is 12.0. The first-order chi connectivity index (χ1) is 9.29. The summed E-state index contributed by atoms with van der Waals surface area (Å²) in [5.41, 5.74) is 2.37. The van der Waals surface area contributed by atoms with Gasteiger partial charge in [0.25, 0.3) is 0 Å². The average molecular weight is 274 g/mol. The van der Waals surface area contributed by atoms with Gasteiger partial charge in [-0.2, -0.15) is 5.10 Å². The van der Waals surface area contributed by atoms with Gasteiger partial charge in [0.05, 0.1) is 17.6 Å². The minimum absolute atomic E-state index is 0.170. The lowest BCUT2D eigenvalue weighted by Crippen LogP contribution is -2.13. The zero-order valence-electron chi connectivity index (χ0n) is 12.0. The van der Waals surface area contributed by atoms with E-state index in [0.717, 1.165) is 16.9 Å². The SMILES string of the molecule is Cc1ccncc1-n1nc(C(C)(C)C)cc1NC(=O)O. The molecular weight excluding hydrogens is 256 g/mol. The molecule has 2 heterocycles. The van der Waals surface area contributed by atoms with Crippen LogP contribution in [0.3, 0.4) is 0 Å². The second-order valence-corrected chi connectivity index (χ2v) is 5.67. The fourth-order valence-corrected chi connectivity index (χ4v) is 1.81. The van der Waals surface area contributed by atoms with Gasteiger partial charge in [0.1, 0.15) is 5.82 Å². The molecule has 0 atom stereocenters. The van der Waals surface area contributed by atoms with E-state index in [1.165, 1.54) is 0 Å². The Morgan fingerprint density at radius 2 is 2.10 bits per heavy atom. The molecule has 2 aromatic rings. The molecule has 1 amide bonds. The molecule has 0 saturated carbocycles. The molecule has 0 aliphatic carbocycles. The van der Waals surface area contributed by atoms with Crippen LogP contribution in [0.1, 0.15) is 32.0 Å². The topological polar surface area (TPSA) is 80.0 Å². The van der Waals surface area contributed by atoms with Crippen LogP contribution in [-0.4, -0.2) is 26.0 Å². The lowest BCUT2D eigenvalue weighted by molar-refractivity contribution is 0.209. The van der Waals surface area contributed by atoms with Crippen LogP contribution in [0.5, 0.6) is 0 Å². The maximum Gasteiger partial charge on any atom is 0.410 e. The minimum atomic E-state index is -1.12. The third-order valence-electron chi connectivity index (χ3n) is 2.95. The number of carbonyl (C=O) groups is 1. The van der Waals surface area contributed by atoms with Crippen LogP contribution in [0.25, 0.3) is 5.69 Å². The Morgan fingerprint density at radius 3 is 2.65 bits per heavy atom. The Labute approximate surface area is 117 Å². The molecule has 0 aliphatic rings. The van der Waals surface area contributed by atoms with Crippen LogP contribution in [-0.2, 0) is 5.41 Å². The number of aryl methyl sites for hydroxylation is 1. The van der Waals surface area contributed by atoms with Gasteiger partial charge in [-0.1, -0.05) is 20.8 Å². The van der Waals surface area contributed by atoms with Crippen molar-refractivity contribution in [1.29, 1.82) is 0 Å². The summed E-state index contributed by atoms with van der Waals surface area (Å²) < 4.78 is 1.58. The normalized spacial score (nSPS) is 11.4. The van der Waals surface area contributed by atoms with Crippen LogP contribution >= 0.6 is 0 Å². The van der Waals surface area contributed by atoms with Crippen LogP contribution < -0.4 is 5.32 Å². The fourth-order valence-electron chi connectivity index (χ4n) is 1.81. The Balaban J connectivity index is 2.59. The summed E-state index contributed by atoms with van der Waals surface area (Å²) in [6, 6.07) is 3.61. The van der Waals surface area contributed by atoms with Gasteiger partial charge in [-0.05, 0) is 18.6 Å². The summed E-state index contributed by atoms with van der Waals surface area (Å²) in [6.07, 6.45) is 2.24. The van der Waals surface area contributed by atoms with Gasteiger partial charge in [0, 0.05) is 17.7 Å². The number of carboxylic acid groups (broad SMARTS) is 1. The molecule has 0 aromatic carbocycles. The summed E-state index contributed by atoms with van der Waals surface area (Å²) >= 11 is 0. The number of pyridine rings is 1. The van der Waals surface area contributed by atoms with Gasteiger partial charge in [-0.3, -0.25) is 10.3 Å². The molecule has 0 spiro atoms. The molecule has 20 heavy (non-hydrogen) atoms. The van der Waals surface area contributed by atoms with E-state index in [9.17, 15) is 4.79 Å². The third-order valence-corrected chi connectivity index (χ3v) is 2.95. The van der Waals surface area contributed by atoms with Crippen LogP contribution in [0, 0.1) is 6.92 Å². The van der Waals surface area contributed by atoms with Crippen molar-refractivity contribution < 1.29 is 9.90 Å². The number of hydrogen-bond donors (Lipinski definition) is 2. The molecule has 2 N–H and O–H groups in total. The number of amides is 1. The highest BCUT2D eigenvalue weighted by Crippen LogP contribution is 2.26. The first kappa shape index (κ1) is 14.0. The molecule has 2 aromatic heterocycles. The smallest absolute Gasteiger partial charge is 0.410 e. The van der Waals surface area contributed by atoms with Crippen LogP contribution in [0.4, 0.5) is 10.6 Å². The van der Waals surface area contributed by atoms with Gasteiger partial charge >= 0.3 is 6.09 Å². The molecule has 0 fully saturated rings. The molecule has 0 aliphatic heterocycles. The van der Waals surface area contributed by atoms with Crippen molar-refractivity contribution in [3.8, 4) is 5.69 Å². The van der Waals surface area contributed by atoms with E-state index in [0.29, 0.717) is 5.82 Å². The predicted octanol–water partition coefficient (Wildman–Crippen LogP) is 2.96. The lowest BCUT2D eigenvalue weighted by Gasteiger charge is -2.14. The molecule has 6 nitrogen and oxygen atoms in total. The quantitative estimate of drug-likeness (QED) is 0.882. The second-order valence-electron chi connectivity index (χ2n) is 5.67. The van der Waals surface area contributed by atoms with Crippen LogP contribution in [0.2, 0.25) is 0 Å². The minimum Gasteiger partial charge on any atom is -0.465 e. The highest BCUT2D eigenvalue weighted by Gasteiger charge is 2.21. The maximum atomic E-state index is 10.9. The Hall–Kier alpha value is -2.37. The van der Waals surface area contributed by atoms with Gasteiger partial charge in [0.15, 0.2) is 0 Å². The van der Waals surface area contributed by atoms with Gasteiger partial charge < -0.3 is 5.11 Å². The number of hydrogen-bond acceptors (Lipinski definition) is 3. The average Bonchev–Trinajstić information content (AvgIpc) is 2.72. The third kappa shape index (κ3) is 2.79. The lowest BCUT2D eigenvalue weighted by atomic mass is 9.92. The molecule has 0 bridgehead atoms. The van der Waals surface area contributed by atoms with Crippen molar-refractivity contribution in [2.24, 2.45) is 0 Å². The molecule has 2 rings (SSSR count). The molecule has 0 unspecified atom stereocenters. The standard InChI is InChI=1S/C14H18N4O2/c1-9-5-6-15-8-10(9)18-12(16-13(19)20)7-11(17-18)14(2,3)4/h5-8,16H,1-4H3,(H,19,20). The second kappa shape index (κ2) is 4.96. The van der Waals surface area contributed by atoms with Crippen molar-refractivity contribution in [2.45, 2.75) is 33.1 Å². The predicted molar refractivity (Wildman–Crippen MR) is 76.4 cm³/mol. The first-order valence-corrected chi connectivity index (χ1v) is 6.30. The van der Waals surface area contributed by atoms with Gasteiger partial charge in [-0.25, -0.2) is 9.48 Å². The van der Waals surface area contributed by atoms with E-state index in [2.05, 4.69) is 15.4 Å². The van der Waals surface area contributed by atoms with Crippen LogP contribution in [0.15, 0.2) is 24.5 Å². The van der Waals surface area contributed by atoms with E-state index in [1.54, 1.807) is 23.1 Å². The summed E-state index contributed by atoms with van der Waals surface area (Å²) in [7, 11) is 0. The first-order valence-electron chi connectivity index (χ1n) is 6.30. The number of aromatic nitrogens is 3. The number of nitrogens with one attached hydrogen (secondary N) is 1. The van der Waals surface area contributed by atoms with E-state index < -0.39 is 6.09 Å². The van der Waals surface area contributed by atoms with Gasteiger partial charge in [0.2, 0.25) is 0 Å². The highest BCUT2D eigenvalue weighted by molar-refractivity contribution is 5.82. The molecule has 6 heteroatoms. The van der Waals surface area contributed by atoms with Gasteiger partial charge in [-0.15, -0.1) is 0 Å². The molecule has 0 radical (unpaired) electrons. The Bertz CT molecular complexity index is 641. The van der Waals surface area contributed by atoms with E-state index in [1.807, 2.05) is 33.8 Å². The number of anilines is 1.